The number of nitriles is 1. The van der Waals surface area contributed by atoms with Crippen LogP contribution in [0.3, 0.4) is 0 Å². The van der Waals surface area contributed by atoms with Crippen molar-refractivity contribution in [2.24, 2.45) is 0 Å². The third-order valence-corrected chi connectivity index (χ3v) is 5.15. The standard InChI is InChI=1S/C19H23N7.2ClH/c1-22-14-5-6-26(11-14)18-16-3-2-4-17(16)24-19(25-18)23-15-8-12(10-20)7-13(21)9-15;;/h7-9,14,22H,2-6,11,21H2,1H3,(H,23,24,25);2*1H. The van der Waals surface area contributed by atoms with Crippen molar-refractivity contribution in [3.8, 4) is 6.07 Å². The molecule has 0 spiro atoms. The summed E-state index contributed by atoms with van der Waals surface area (Å²) in [6.45, 7) is 1.97. The third kappa shape index (κ3) is 4.41. The van der Waals surface area contributed by atoms with Gasteiger partial charge in [-0.05, 0) is 50.9 Å². The van der Waals surface area contributed by atoms with Crippen LogP contribution in [0.15, 0.2) is 18.2 Å². The van der Waals surface area contributed by atoms with Crippen LogP contribution in [0.25, 0.3) is 0 Å². The van der Waals surface area contributed by atoms with Crippen LogP contribution in [0, 0.1) is 11.3 Å². The van der Waals surface area contributed by atoms with Crippen molar-refractivity contribution < 1.29 is 0 Å². The van der Waals surface area contributed by atoms with E-state index in [9.17, 15) is 0 Å². The van der Waals surface area contributed by atoms with Crippen molar-refractivity contribution in [3.05, 3.63) is 35.0 Å². The Hall–Kier alpha value is -2.27. The van der Waals surface area contributed by atoms with Crippen LogP contribution in [0.5, 0.6) is 0 Å². The minimum Gasteiger partial charge on any atom is -0.399 e. The van der Waals surface area contributed by atoms with Crippen LogP contribution in [0.4, 0.5) is 23.1 Å². The van der Waals surface area contributed by atoms with Crippen molar-refractivity contribution in [1.82, 2.24) is 15.3 Å². The van der Waals surface area contributed by atoms with Gasteiger partial charge in [-0.1, -0.05) is 0 Å². The summed E-state index contributed by atoms with van der Waals surface area (Å²) in [4.78, 5) is 11.9. The third-order valence-electron chi connectivity index (χ3n) is 5.15. The Balaban J connectivity index is 0.00000140. The van der Waals surface area contributed by atoms with Gasteiger partial charge >= 0.3 is 0 Å². The van der Waals surface area contributed by atoms with Gasteiger partial charge in [0.15, 0.2) is 0 Å². The molecule has 1 saturated heterocycles. The van der Waals surface area contributed by atoms with Crippen LogP contribution < -0.4 is 21.3 Å². The maximum atomic E-state index is 9.14. The maximum absolute atomic E-state index is 9.14. The van der Waals surface area contributed by atoms with Gasteiger partial charge in [0.2, 0.25) is 5.95 Å². The van der Waals surface area contributed by atoms with Crippen molar-refractivity contribution in [2.45, 2.75) is 31.7 Å². The number of hydrogen-bond acceptors (Lipinski definition) is 7. The number of nitrogens with zero attached hydrogens (tertiary/aromatic N) is 4. The molecule has 1 aromatic carbocycles. The van der Waals surface area contributed by atoms with Crippen molar-refractivity contribution >= 4 is 48.0 Å². The summed E-state index contributed by atoms with van der Waals surface area (Å²) in [6, 6.07) is 7.85. The number of nitrogen functional groups attached to an aromatic ring is 1. The zero-order chi connectivity index (χ0) is 18.1. The molecule has 1 aliphatic heterocycles. The van der Waals surface area contributed by atoms with Gasteiger partial charge in [-0.3, -0.25) is 0 Å². The fourth-order valence-electron chi connectivity index (χ4n) is 3.84. The monoisotopic (exact) mass is 421 g/mol. The van der Waals surface area contributed by atoms with E-state index in [-0.39, 0.29) is 24.8 Å². The number of benzene rings is 1. The lowest BCUT2D eigenvalue weighted by Gasteiger charge is -2.21. The van der Waals surface area contributed by atoms with Gasteiger partial charge in [0.05, 0.1) is 17.3 Å². The van der Waals surface area contributed by atoms with Gasteiger partial charge in [0, 0.05) is 36.1 Å². The summed E-state index contributed by atoms with van der Waals surface area (Å²) >= 11 is 0. The zero-order valence-electron chi connectivity index (χ0n) is 15.7. The number of aryl methyl sites for hydroxylation is 1. The first-order chi connectivity index (χ1) is 12.7. The molecule has 1 atom stereocenters. The van der Waals surface area contributed by atoms with Gasteiger partial charge in [-0.2, -0.15) is 10.2 Å². The first-order valence-corrected chi connectivity index (χ1v) is 9.06. The van der Waals surface area contributed by atoms with E-state index in [1.807, 2.05) is 7.05 Å². The molecule has 1 aliphatic carbocycles. The highest BCUT2D eigenvalue weighted by molar-refractivity contribution is 5.85. The molecule has 150 valence electrons. The second-order valence-corrected chi connectivity index (χ2v) is 6.95. The Morgan fingerprint density at radius 3 is 2.75 bits per heavy atom. The summed E-state index contributed by atoms with van der Waals surface area (Å²) in [7, 11) is 2.01. The molecule has 0 radical (unpaired) electrons. The Kier molecular flexibility index (Phi) is 7.30. The number of rotatable bonds is 4. The number of aromatic nitrogens is 2. The largest absolute Gasteiger partial charge is 0.399 e. The number of nitrogens with two attached hydrogens (primary N) is 1. The topological polar surface area (TPSA) is 103 Å². The normalized spacial score (nSPS) is 17.3. The summed E-state index contributed by atoms with van der Waals surface area (Å²) in [5, 5.41) is 15.7. The molecule has 4 N–H and O–H groups in total. The van der Waals surface area contributed by atoms with Crippen LogP contribution in [0.2, 0.25) is 0 Å². The molecule has 0 amide bonds. The molecule has 1 unspecified atom stereocenters. The van der Waals surface area contributed by atoms with Crippen molar-refractivity contribution in [1.29, 1.82) is 5.26 Å². The second-order valence-electron chi connectivity index (χ2n) is 6.95. The summed E-state index contributed by atoms with van der Waals surface area (Å²) in [5.41, 5.74) is 10.1. The highest BCUT2D eigenvalue weighted by Gasteiger charge is 2.28. The Bertz CT molecular complexity index is 881. The van der Waals surface area contributed by atoms with Crippen LogP contribution in [-0.4, -0.2) is 36.1 Å². The summed E-state index contributed by atoms with van der Waals surface area (Å²) < 4.78 is 0. The average Bonchev–Trinajstić information content (AvgIpc) is 3.29. The Labute approximate surface area is 177 Å². The second kappa shape index (κ2) is 9.28. The number of hydrogen-bond donors (Lipinski definition) is 3. The van der Waals surface area contributed by atoms with Gasteiger partial charge < -0.3 is 21.3 Å². The molecular weight excluding hydrogens is 397 g/mol. The lowest BCUT2D eigenvalue weighted by Crippen LogP contribution is -2.30. The maximum Gasteiger partial charge on any atom is 0.229 e. The summed E-state index contributed by atoms with van der Waals surface area (Å²) in [5.74, 6) is 1.63. The SMILES string of the molecule is CNC1CCN(c2nc(Nc3cc(N)cc(C#N)c3)nc3c2CCC3)C1.Cl.Cl. The van der Waals surface area contributed by atoms with Crippen molar-refractivity contribution in [2.75, 3.05) is 36.1 Å². The Morgan fingerprint density at radius 1 is 1.21 bits per heavy atom. The molecule has 28 heavy (non-hydrogen) atoms. The van der Waals surface area contributed by atoms with Gasteiger partial charge in [-0.25, -0.2) is 4.98 Å². The zero-order valence-corrected chi connectivity index (χ0v) is 17.4. The number of likely N-dealkylation sites (N-methyl/N-ethyl adjacent to an activating group) is 1. The predicted molar refractivity (Wildman–Crippen MR) is 117 cm³/mol. The number of fused-ring (bicyclic) bond motifs is 1. The molecule has 0 saturated carbocycles. The molecule has 2 aliphatic rings. The average molecular weight is 422 g/mol. The van der Waals surface area contributed by atoms with E-state index in [0.717, 1.165) is 56.0 Å². The van der Waals surface area contributed by atoms with Crippen LogP contribution >= 0.6 is 24.8 Å². The molecule has 2 heterocycles. The fraction of sp³-hybridized carbons (Fsp3) is 0.421. The number of halogens is 2. The van der Waals surface area contributed by atoms with Gasteiger partial charge in [0.25, 0.3) is 0 Å². The molecule has 9 heteroatoms. The lowest BCUT2D eigenvalue weighted by molar-refractivity contribution is 0.616. The van der Waals surface area contributed by atoms with Crippen LogP contribution in [-0.2, 0) is 12.8 Å². The van der Waals surface area contributed by atoms with E-state index in [4.69, 9.17) is 21.0 Å². The van der Waals surface area contributed by atoms with Crippen LogP contribution in [0.1, 0.15) is 29.7 Å². The molecule has 2 aromatic rings. The number of anilines is 4. The Morgan fingerprint density at radius 2 is 2.04 bits per heavy atom. The van der Waals surface area contributed by atoms with Gasteiger partial charge in [0.1, 0.15) is 5.82 Å². The van der Waals surface area contributed by atoms with E-state index in [1.54, 1.807) is 18.2 Å². The summed E-state index contributed by atoms with van der Waals surface area (Å²) in [6.07, 6.45) is 4.28. The van der Waals surface area contributed by atoms with Gasteiger partial charge in [-0.15, -0.1) is 24.8 Å². The minimum absolute atomic E-state index is 0. The molecular formula is C19H25Cl2N7. The first-order valence-electron chi connectivity index (χ1n) is 9.06. The number of nitrogens with one attached hydrogen (secondary N) is 2. The molecule has 4 rings (SSSR count). The fourth-order valence-corrected chi connectivity index (χ4v) is 3.84. The molecule has 1 aromatic heterocycles. The molecule has 0 bridgehead atoms. The van der Waals surface area contributed by atoms with Crippen molar-refractivity contribution in [3.63, 3.8) is 0 Å². The van der Waals surface area contributed by atoms with E-state index in [0.29, 0.717) is 23.2 Å². The predicted octanol–water partition coefficient (Wildman–Crippen LogP) is 2.80. The van der Waals surface area contributed by atoms with E-state index < -0.39 is 0 Å². The van der Waals surface area contributed by atoms with E-state index in [2.05, 4.69) is 21.6 Å². The lowest BCUT2D eigenvalue weighted by atomic mass is 10.2. The smallest absolute Gasteiger partial charge is 0.229 e. The molecule has 7 nitrogen and oxygen atoms in total. The first kappa shape index (κ1) is 22.0. The van der Waals surface area contributed by atoms with E-state index in [1.165, 1.54) is 5.56 Å². The quantitative estimate of drug-likeness (QED) is 0.651. The van der Waals surface area contributed by atoms with E-state index >= 15 is 0 Å². The minimum atomic E-state index is 0. The molecule has 1 fully saturated rings. The highest BCUT2D eigenvalue weighted by Crippen LogP contribution is 2.32. The highest BCUT2D eigenvalue weighted by atomic mass is 35.5.